The van der Waals surface area contributed by atoms with E-state index in [1.807, 2.05) is 0 Å². The van der Waals surface area contributed by atoms with E-state index in [0.717, 1.165) is 0 Å². The predicted molar refractivity (Wildman–Crippen MR) is 88.2 cm³/mol. The highest BCUT2D eigenvalue weighted by atomic mass is 79.9. The average molecular weight is 401 g/mol. The maximum atomic E-state index is 12.3. The molecule has 0 fully saturated rings. The lowest BCUT2D eigenvalue weighted by Gasteiger charge is -2.11. The normalized spacial score (nSPS) is 10.7. The van der Waals surface area contributed by atoms with Crippen molar-refractivity contribution in [1.29, 1.82) is 0 Å². The van der Waals surface area contributed by atoms with Crippen molar-refractivity contribution in [1.82, 2.24) is 9.88 Å². The highest BCUT2D eigenvalue weighted by Gasteiger charge is 2.10. The highest BCUT2D eigenvalue weighted by Crippen LogP contribution is 2.20. The van der Waals surface area contributed by atoms with Crippen molar-refractivity contribution in [2.24, 2.45) is 0 Å². The molecule has 5 nitrogen and oxygen atoms in total. The summed E-state index contributed by atoms with van der Waals surface area (Å²) in [6, 6.07) is 9.36. The van der Waals surface area contributed by atoms with Gasteiger partial charge in [-0.25, -0.2) is 0 Å². The first-order valence-corrected chi connectivity index (χ1v) is 7.90. The Morgan fingerprint density at radius 1 is 1.25 bits per heavy atom. The molecule has 1 aromatic carbocycles. The molecular formula is C16H15BrF2N2O3. The molecule has 8 heteroatoms. The van der Waals surface area contributed by atoms with E-state index in [1.54, 1.807) is 24.3 Å². The first-order chi connectivity index (χ1) is 11.5. The fraction of sp³-hybridized carbons (Fsp3) is 0.250. The van der Waals surface area contributed by atoms with Gasteiger partial charge in [0.2, 0.25) is 5.91 Å². The third-order valence-corrected chi connectivity index (χ3v) is 3.64. The van der Waals surface area contributed by atoms with Gasteiger partial charge in [0.05, 0.1) is 0 Å². The monoisotopic (exact) mass is 400 g/mol. The van der Waals surface area contributed by atoms with Crippen LogP contribution in [0.5, 0.6) is 5.75 Å². The molecule has 0 aliphatic heterocycles. The van der Waals surface area contributed by atoms with E-state index in [0.29, 0.717) is 16.5 Å². The van der Waals surface area contributed by atoms with Gasteiger partial charge < -0.3 is 14.6 Å². The van der Waals surface area contributed by atoms with Crippen molar-refractivity contribution >= 4 is 21.8 Å². The van der Waals surface area contributed by atoms with Gasteiger partial charge in [0.15, 0.2) is 0 Å². The van der Waals surface area contributed by atoms with Crippen molar-refractivity contribution in [3.8, 4) is 5.75 Å². The fourth-order valence-electron chi connectivity index (χ4n) is 2.09. The van der Waals surface area contributed by atoms with Gasteiger partial charge in [-0.05, 0) is 40.0 Å². The summed E-state index contributed by atoms with van der Waals surface area (Å²) < 4.78 is 31.1. The number of benzene rings is 1. The molecule has 0 saturated heterocycles. The Balaban J connectivity index is 1.89. The number of carbonyl (C=O) groups is 1. The Morgan fingerprint density at radius 3 is 2.75 bits per heavy atom. The Kier molecular flexibility index (Phi) is 6.48. The summed E-state index contributed by atoms with van der Waals surface area (Å²) in [6.07, 6.45) is 1.86. The maximum Gasteiger partial charge on any atom is 0.387 e. The second kappa shape index (κ2) is 8.58. The third kappa shape index (κ3) is 5.45. The SMILES string of the molecule is O=C(Cn1cc(Br)ccc1=O)NCCc1ccccc1OC(F)F. The fourth-order valence-corrected chi connectivity index (χ4v) is 2.47. The van der Waals surface area contributed by atoms with Crippen LogP contribution >= 0.6 is 15.9 Å². The summed E-state index contributed by atoms with van der Waals surface area (Å²) in [7, 11) is 0. The number of hydrogen-bond donors (Lipinski definition) is 1. The minimum atomic E-state index is -2.90. The minimum absolute atomic E-state index is 0.0879. The molecule has 0 aliphatic rings. The van der Waals surface area contributed by atoms with Crippen molar-refractivity contribution in [3.05, 3.63) is 63.0 Å². The van der Waals surface area contributed by atoms with Gasteiger partial charge in [-0.2, -0.15) is 8.78 Å². The van der Waals surface area contributed by atoms with Crippen LogP contribution in [0.25, 0.3) is 0 Å². The number of carbonyl (C=O) groups excluding carboxylic acids is 1. The van der Waals surface area contributed by atoms with E-state index < -0.39 is 6.61 Å². The number of para-hydroxylation sites is 1. The highest BCUT2D eigenvalue weighted by molar-refractivity contribution is 9.10. The number of pyridine rings is 1. The van der Waals surface area contributed by atoms with E-state index >= 15 is 0 Å². The molecule has 0 radical (unpaired) electrons. The Morgan fingerprint density at radius 2 is 2.00 bits per heavy atom. The van der Waals surface area contributed by atoms with Crippen molar-refractivity contribution in [2.45, 2.75) is 19.6 Å². The number of ether oxygens (including phenoxy) is 1. The number of nitrogens with zero attached hydrogens (tertiary/aromatic N) is 1. The number of halogens is 3. The molecule has 1 aromatic heterocycles. The zero-order valence-electron chi connectivity index (χ0n) is 12.5. The summed E-state index contributed by atoms with van der Waals surface area (Å²) in [5, 5.41) is 2.65. The molecule has 0 aliphatic carbocycles. The molecule has 2 rings (SSSR count). The summed E-state index contributed by atoms with van der Waals surface area (Å²) >= 11 is 3.23. The van der Waals surface area contributed by atoms with Gasteiger partial charge in [0.1, 0.15) is 12.3 Å². The zero-order chi connectivity index (χ0) is 17.5. The van der Waals surface area contributed by atoms with Crippen LogP contribution in [0.4, 0.5) is 8.78 Å². The third-order valence-electron chi connectivity index (χ3n) is 3.17. The molecule has 2 aromatic rings. The van der Waals surface area contributed by atoms with Crippen LogP contribution in [0.1, 0.15) is 5.56 Å². The maximum absolute atomic E-state index is 12.3. The van der Waals surface area contributed by atoms with Crippen LogP contribution in [0.2, 0.25) is 0 Å². The Hall–Kier alpha value is -2.22. The quantitative estimate of drug-likeness (QED) is 0.776. The molecule has 0 unspecified atom stereocenters. The minimum Gasteiger partial charge on any atom is -0.435 e. The molecule has 1 heterocycles. The second-order valence-corrected chi connectivity index (χ2v) is 5.82. The van der Waals surface area contributed by atoms with E-state index in [9.17, 15) is 18.4 Å². The summed E-state index contributed by atoms with van der Waals surface area (Å²) in [6.45, 7) is -2.78. The lowest BCUT2D eigenvalue weighted by Crippen LogP contribution is -2.33. The first kappa shape index (κ1) is 18.1. The first-order valence-electron chi connectivity index (χ1n) is 7.11. The van der Waals surface area contributed by atoms with Gasteiger partial charge >= 0.3 is 6.61 Å². The number of rotatable bonds is 7. The van der Waals surface area contributed by atoms with Crippen LogP contribution in [0.3, 0.4) is 0 Å². The molecule has 0 bridgehead atoms. The van der Waals surface area contributed by atoms with Crippen LogP contribution in [0, 0.1) is 0 Å². The van der Waals surface area contributed by atoms with Crippen LogP contribution in [0.15, 0.2) is 51.9 Å². The molecule has 128 valence electrons. The molecule has 1 N–H and O–H groups in total. The van der Waals surface area contributed by atoms with E-state index in [4.69, 9.17) is 0 Å². The van der Waals surface area contributed by atoms with Gasteiger partial charge in [0, 0.05) is 23.3 Å². The Bertz CT molecular complexity index is 765. The molecule has 1 amide bonds. The molecule has 0 atom stereocenters. The molecular weight excluding hydrogens is 386 g/mol. The van der Waals surface area contributed by atoms with Crippen molar-refractivity contribution in [2.75, 3.05) is 6.54 Å². The number of nitrogens with one attached hydrogen (secondary N) is 1. The Labute approximate surface area is 145 Å². The van der Waals surface area contributed by atoms with Gasteiger partial charge in [0.25, 0.3) is 5.56 Å². The van der Waals surface area contributed by atoms with Crippen LogP contribution < -0.4 is 15.6 Å². The van der Waals surface area contributed by atoms with Crippen LogP contribution in [-0.2, 0) is 17.8 Å². The summed E-state index contributed by atoms with van der Waals surface area (Å²) in [5.74, 6) is -0.257. The predicted octanol–water partition coefficient (Wildman–Crippen LogP) is 2.57. The van der Waals surface area contributed by atoms with Gasteiger partial charge in [-0.15, -0.1) is 0 Å². The average Bonchev–Trinajstić information content (AvgIpc) is 2.52. The smallest absolute Gasteiger partial charge is 0.387 e. The van der Waals surface area contributed by atoms with Gasteiger partial charge in [-0.1, -0.05) is 18.2 Å². The van der Waals surface area contributed by atoms with E-state index in [1.165, 1.54) is 22.9 Å². The van der Waals surface area contributed by atoms with Gasteiger partial charge in [-0.3, -0.25) is 9.59 Å². The largest absolute Gasteiger partial charge is 0.435 e. The number of alkyl halides is 2. The zero-order valence-corrected chi connectivity index (χ0v) is 14.1. The van der Waals surface area contributed by atoms with Crippen molar-refractivity contribution in [3.63, 3.8) is 0 Å². The van der Waals surface area contributed by atoms with Crippen molar-refractivity contribution < 1.29 is 18.3 Å². The van der Waals surface area contributed by atoms with Crippen LogP contribution in [-0.4, -0.2) is 23.6 Å². The summed E-state index contributed by atoms with van der Waals surface area (Å²) in [5.41, 5.74) is 0.279. The lowest BCUT2D eigenvalue weighted by atomic mass is 10.1. The summed E-state index contributed by atoms with van der Waals surface area (Å²) in [4.78, 5) is 23.5. The topological polar surface area (TPSA) is 60.3 Å². The lowest BCUT2D eigenvalue weighted by molar-refractivity contribution is -0.121. The standard InChI is InChI=1S/C16H15BrF2N2O3/c17-12-5-6-15(23)21(9-12)10-14(22)20-8-7-11-3-1-2-4-13(11)24-16(18)19/h1-6,9,16H,7-8,10H2,(H,20,22). The van der Waals surface area contributed by atoms with E-state index in [2.05, 4.69) is 26.0 Å². The molecule has 0 saturated carbocycles. The van der Waals surface area contributed by atoms with E-state index in [-0.39, 0.29) is 30.3 Å². The second-order valence-electron chi connectivity index (χ2n) is 4.90. The molecule has 24 heavy (non-hydrogen) atoms. The number of hydrogen-bond acceptors (Lipinski definition) is 3. The number of amides is 1. The molecule has 0 spiro atoms. The number of aromatic nitrogens is 1.